The summed E-state index contributed by atoms with van der Waals surface area (Å²) in [7, 11) is 0. The molecule has 2 N–H and O–H groups in total. The molecule has 0 aliphatic rings. The van der Waals surface area contributed by atoms with Crippen molar-refractivity contribution >= 4 is 23.4 Å². The second kappa shape index (κ2) is 8.29. The molecule has 1 heterocycles. The number of nitrogens with one attached hydrogen (secondary N) is 2. The zero-order valence-corrected chi connectivity index (χ0v) is 14.8. The maximum Gasteiger partial charge on any atom is 0.290 e. The summed E-state index contributed by atoms with van der Waals surface area (Å²) in [6, 6.07) is 18.1. The third kappa shape index (κ3) is 4.80. The molecule has 0 saturated heterocycles. The van der Waals surface area contributed by atoms with Crippen LogP contribution in [-0.2, 0) is 11.2 Å². The first kappa shape index (κ1) is 18.3. The van der Waals surface area contributed by atoms with Gasteiger partial charge in [0.15, 0.2) is 5.69 Å². The number of carbonyl (C=O) groups is 2. The van der Waals surface area contributed by atoms with Crippen LogP contribution in [0, 0.1) is 0 Å². The fourth-order valence-electron chi connectivity index (χ4n) is 2.31. The van der Waals surface area contributed by atoms with Crippen molar-refractivity contribution in [1.29, 1.82) is 0 Å². The number of hydrogen-bond acceptors (Lipinski definition) is 4. The van der Waals surface area contributed by atoms with Gasteiger partial charge in [-0.25, -0.2) is 0 Å². The largest absolute Gasteiger partial charge is 0.290 e. The van der Waals surface area contributed by atoms with E-state index in [1.165, 1.54) is 12.1 Å². The van der Waals surface area contributed by atoms with Crippen LogP contribution in [0.15, 0.2) is 71.5 Å². The molecule has 3 rings (SSSR count). The lowest BCUT2D eigenvalue weighted by Gasteiger charge is -2.09. The summed E-state index contributed by atoms with van der Waals surface area (Å²) in [5.74, 6) is -1.04. The van der Waals surface area contributed by atoms with E-state index in [1.54, 1.807) is 54.6 Å². The Morgan fingerprint density at radius 2 is 1.63 bits per heavy atom. The third-order valence-corrected chi connectivity index (χ3v) is 3.88. The number of benzene rings is 2. The molecule has 1 aromatic heterocycles. The van der Waals surface area contributed by atoms with Gasteiger partial charge in [-0.3, -0.25) is 25.2 Å². The average Bonchev–Trinajstić information content (AvgIpc) is 2.69. The molecule has 0 aliphatic heterocycles. The van der Waals surface area contributed by atoms with Gasteiger partial charge in [0, 0.05) is 11.1 Å². The molecule has 0 atom stereocenters. The molecular weight excluding hydrogens is 368 g/mol. The number of amides is 2. The van der Waals surface area contributed by atoms with Gasteiger partial charge in [-0.1, -0.05) is 41.9 Å². The molecular formula is C19H15ClN4O3. The maximum absolute atomic E-state index is 12.2. The molecule has 3 aromatic rings. The maximum atomic E-state index is 12.2. The number of nitrogens with zero attached hydrogens (tertiary/aromatic N) is 2. The summed E-state index contributed by atoms with van der Waals surface area (Å²) in [6.07, 6.45) is 0.0778. The van der Waals surface area contributed by atoms with Gasteiger partial charge >= 0.3 is 0 Å². The molecule has 0 aliphatic carbocycles. The third-order valence-electron chi connectivity index (χ3n) is 3.63. The number of rotatable bonds is 4. The normalized spacial score (nSPS) is 10.3. The molecule has 2 amide bonds. The van der Waals surface area contributed by atoms with E-state index >= 15 is 0 Å². The van der Waals surface area contributed by atoms with Crippen LogP contribution in [0.5, 0.6) is 0 Å². The topological polar surface area (TPSA) is 93.1 Å². The van der Waals surface area contributed by atoms with Crippen molar-refractivity contribution in [2.45, 2.75) is 6.42 Å². The van der Waals surface area contributed by atoms with Crippen molar-refractivity contribution < 1.29 is 9.59 Å². The van der Waals surface area contributed by atoms with Crippen LogP contribution in [-0.4, -0.2) is 21.6 Å². The molecule has 0 fully saturated rings. The molecule has 0 unspecified atom stereocenters. The first-order valence-electron chi connectivity index (χ1n) is 8.02. The van der Waals surface area contributed by atoms with E-state index in [0.717, 1.165) is 10.2 Å². The van der Waals surface area contributed by atoms with E-state index in [2.05, 4.69) is 16.0 Å². The van der Waals surface area contributed by atoms with Crippen LogP contribution < -0.4 is 16.4 Å². The molecule has 2 aromatic carbocycles. The Hall–Kier alpha value is -3.45. The number of carbonyl (C=O) groups excluding carboxylic acids is 2. The minimum absolute atomic E-state index is 0.00903. The second-order valence-corrected chi connectivity index (χ2v) is 6.05. The summed E-state index contributed by atoms with van der Waals surface area (Å²) >= 11 is 5.80. The summed E-state index contributed by atoms with van der Waals surface area (Å²) < 4.78 is 1.12. The number of halogens is 1. The number of aromatic nitrogens is 2. The lowest BCUT2D eigenvalue weighted by molar-refractivity contribution is -0.121. The molecule has 136 valence electrons. The Labute approximate surface area is 159 Å². The van der Waals surface area contributed by atoms with E-state index in [-0.39, 0.29) is 17.7 Å². The standard InChI is InChI=1S/C19H15ClN4O3/c20-14-8-6-13(7-9-14)12-17(25)21-22-19(27)16-10-11-18(26)24(23-16)15-4-2-1-3-5-15/h1-11H,12H2,(H,21,25)(H,22,27). The van der Waals surface area contributed by atoms with Crippen LogP contribution in [0.3, 0.4) is 0 Å². The fraction of sp³-hybridized carbons (Fsp3) is 0.0526. The molecule has 0 saturated carbocycles. The van der Waals surface area contributed by atoms with Gasteiger partial charge in [-0.05, 0) is 35.9 Å². The van der Waals surface area contributed by atoms with Crippen LogP contribution >= 0.6 is 11.6 Å². The van der Waals surface area contributed by atoms with Gasteiger partial charge in [-0.2, -0.15) is 9.78 Å². The van der Waals surface area contributed by atoms with Crippen LogP contribution in [0.25, 0.3) is 5.69 Å². The quantitative estimate of drug-likeness (QED) is 0.674. The second-order valence-electron chi connectivity index (χ2n) is 5.61. The Kier molecular flexibility index (Phi) is 5.63. The van der Waals surface area contributed by atoms with Gasteiger partial charge in [-0.15, -0.1) is 0 Å². The minimum Gasteiger partial charge on any atom is -0.273 e. The van der Waals surface area contributed by atoms with Crippen LogP contribution in [0.2, 0.25) is 5.02 Å². The Bertz CT molecular complexity index is 1020. The number of para-hydroxylation sites is 1. The van der Waals surface area contributed by atoms with Gasteiger partial charge in [0.2, 0.25) is 5.91 Å². The fourth-order valence-corrected chi connectivity index (χ4v) is 2.43. The van der Waals surface area contributed by atoms with E-state index in [1.807, 2.05) is 0 Å². The molecule has 7 nitrogen and oxygen atoms in total. The summed E-state index contributed by atoms with van der Waals surface area (Å²) in [4.78, 5) is 36.1. The zero-order chi connectivity index (χ0) is 19.2. The van der Waals surface area contributed by atoms with Gasteiger partial charge in [0.25, 0.3) is 11.5 Å². The van der Waals surface area contributed by atoms with E-state index in [4.69, 9.17) is 11.6 Å². The SMILES string of the molecule is O=C(Cc1ccc(Cl)cc1)NNC(=O)c1ccc(=O)n(-c2ccccc2)n1. The minimum atomic E-state index is -0.635. The Morgan fingerprint density at radius 3 is 2.33 bits per heavy atom. The highest BCUT2D eigenvalue weighted by Crippen LogP contribution is 2.09. The Balaban J connectivity index is 1.65. The van der Waals surface area contributed by atoms with E-state index < -0.39 is 11.8 Å². The van der Waals surface area contributed by atoms with Crippen molar-refractivity contribution in [1.82, 2.24) is 20.6 Å². The predicted molar refractivity (Wildman–Crippen MR) is 101 cm³/mol. The molecule has 0 spiro atoms. The zero-order valence-electron chi connectivity index (χ0n) is 14.1. The Morgan fingerprint density at radius 1 is 0.926 bits per heavy atom. The van der Waals surface area contributed by atoms with Crippen molar-refractivity contribution in [2.24, 2.45) is 0 Å². The highest BCUT2D eigenvalue weighted by molar-refractivity contribution is 6.30. The average molecular weight is 383 g/mol. The number of hydrazine groups is 1. The van der Waals surface area contributed by atoms with Crippen LogP contribution in [0.1, 0.15) is 16.1 Å². The molecule has 8 heteroatoms. The summed E-state index contributed by atoms with van der Waals surface area (Å²) in [5, 5.41) is 4.62. The monoisotopic (exact) mass is 382 g/mol. The van der Waals surface area contributed by atoms with Crippen molar-refractivity contribution in [2.75, 3.05) is 0 Å². The molecule has 0 radical (unpaired) electrons. The van der Waals surface area contributed by atoms with Gasteiger partial charge in [0.1, 0.15) is 0 Å². The highest BCUT2D eigenvalue weighted by atomic mass is 35.5. The number of hydrogen-bond donors (Lipinski definition) is 2. The first-order chi connectivity index (χ1) is 13.0. The first-order valence-corrected chi connectivity index (χ1v) is 8.40. The van der Waals surface area contributed by atoms with Crippen molar-refractivity contribution in [3.8, 4) is 5.69 Å². The van der Waals surface area contributed by atoms with E-state index in [0.29, 0.717) is 10.7 Å². The molecule has 0 bridgehead atoms. The molecule has 27 heavy (non-hydrogen) atoms. The lowest BCUT2D eigenvalue weighted by atomic mass is 10.1. The summed E-state index contributed by atoms with van der Waals surface area (Å²) in [6.45, 7) is 0. The summed E-state index contributed by atoms with van der Waals surface area (Å²) in [5.41, 5.74) is 5.51. The smallest absolute Gasteiger partial charge is 0.273 e. The van der Waals surface area contributed by atoms with Gasteiger partial charge in [0.05, 0.1) is 12.1 Å². The predicted octanol–water partition coefficient (Wildman–Crippen LogP) is 1.89. The van der Waals surface area contributed by atoms with E-state index in [9.17, 15) is 14.4 Å². The van der Waals surface area contributed by atoms with Crippen molar-refractivity contribution in [3.63, 3.8) is 0 Å². The van der Waals surface area contributed by atoms with Crippen molar-refractivity contribution in [3.05, 3.63) is 93.4 Å². The van der Waals surface area contributed by atoms with Gasteiger partial charge < -0.3 is 0 Å². The highest BCUT2D eigenvalue weighted by Gasteiger charge is 2.12. The van der Waals surface area contributed by atoms with Crippen LogP contribution in [0.4, 0.5) is 0 Å². The lowest BCUT2D eigenvalue weighted by Crippen LogP contribution is -2.43.